The van der Waals surface area contributed by atoms with Crippen LogP contribution in [0.5, 0.6) is 5.75 Å². The first kappa shape index (κ1) is 52.6. The summed E-state index contributed by atoms with van der Waals surface area (Å²) in [4.78, 5) is 63.8. The van der Waals surface area contributed by atoms with E-state index in [2.05, 4.69) is 15.6 Å². The van der Waals surface area contributed by atoms with Crippen LogP contribution in [0.15, 0.2) is 96.5 Å². The minimum Gasteiger partial charge on any atom is -0.490 e. The topological polar surface area (TPSA) is 177 Å². The van der Waals surface area contributed by atoms with Gasteiger partial charge in [0.2, 0.25) is 17.7 Å². The van der Waals surface area contributed by atoms with E-state index >= 15 is 0 Å². The Morgan fingerprint density at radius 1 is 0.945 bits per heavy atom. The molecule has 2 aliphatic heterocycles. The van der Waals surface area contributed by atoms with E-state index in [0.29, 0.717) is 18.0 Å². The lowest BCUT2D eigenvalue weighted by Gasteiger charge is -2.36. The Morgan fingerprint density at radius 3 is 2.18 bits per heavy atom. The number of alkyl halides is 3. The Kier molecular flexibility index (Phi) is 15.1. The van der Waals surface area contributed by atoms with Crippen molar-refractivity contribution in [2.75, 3.05) is 29.6 Å². The summed E-state index contributed by atoms with van der Waals surface area (Å²) in [6.45, 7) is 11.0. The van der Waals surface area contributed by atoms with Gasteiger partial charge in [-0.25, -0.2) is 4.98 Å². The second-order valence-electron chi connectivity index (χ2n) is 20.3. The largest absolute Gasteiger partial charge is 0.490 e. The molecule has 3 atom stereocenters. The van der Waals surface area contributed by atoms with Crippen LogP contribution in [0.4, 0.5) is 24.5 Å². The first-order valence-electron chi connectivity index (χ1n) is 23.8. The zero-order valence-electron chi connectivity index (χ0n) is 41.2. The summed E-state index contributed by atoms with van der Waals surface area (Å²) in [6.07, 6.45) is -4.23. The number of carbonyl (C=O) groups excluding carboxylic acids is 4. The summed E-state index contributed by atoms with van der Waals surface area (Å²) in [6, 6.07) is 25.5. The number of β-amino-alcohol motifs (C(OH)–C–C–N with tert-alkyl or cyclic N) is 1. The van der Waals surface area contributed by atoms with E-state index in [9.17, 15) is 42.7 Å². The highest BCUT2D eigenvalue weighted by Crippen LogP contribution is 2.41. The monoisotopic (exact) mass is 1040 g/mol. The molecule has 0 radical (unpaired) electrons. The zero-order chi connectivity index (χ0) is 52.6. The lowest BCUT2D eigenvalue weighted by atomic mass is 9.83. The number of hydrogen-bond donors (Lipinski definition) is 3. The maximum absolute atomic E-state index is 14.1. The number of aliphatic hydroxyl groups is 1. The van der Waals surface area contributed by atoms with Crippen molar-refractivity contribution in [2.45, 2.75) is 103 Å². The number of aryl methyl sites for hydroxylation is 1. The van der Waals surface area contributed by atoms with Gasteiger partial charge >= 0.3 is 6.18 Å². The Balaban J connectivity index is 0.784. The number of thiazole rings is 1. The number of aliphatic hydroxyl groups excluding tert-OH is 1. The fraction of sp³-hybridized carbons (Fsp3) is 0.389. The van der Waals surface area contributed by atoms with Crippen molar-refractivity contribution in [2.24, 2.45) is 11.3 Å². The van der Waals surface area contributed by atoms with Gasteiger partial charge in [0.1, 0.15) is 30.0 Å². The maximum Gasteiger partial charge on any atom is 0.417 e. The number of nitrogens with zero attached hydrogens (tertiary/aromatic N) is 5. The molecule has 5 aromatic rings. The van der Waals surface area contributed by atoms with Gasteiger partial charge in [-0.2, -0.15) is 18.4 Å². The molecular weight excluding hydrogens is 980 g/mol. The average Bonchev–Trinajstić information content (AvgIpc) is 4.00. The van der Waals surface area contributed by atoms with Crippen LogP contribution in [0.3, 0.4) is 0 Å². The lowest BCUT2D eigenvalue weighted by molar-refractivity contribution is -0.144. The summed E-state index contributed by atoms with van der Waals surface area (Å²) in [5, 5.41) is 25.6. The molecule has 1 unspecified atom stereocenters. The highest BCUT2D eigenvalue weighted by molar-refractivity contribution is 7.81. The number of likely N-dealkylation sites (tertiary alicyclic amines) is 1. The van der Waals surface area contributed by atoms with E-state index in [1.54, 1.807) is 53.8 Å². The molecular formula is C54H56F3N7O7S2. The standard InChI is InChI=1S/C54H56F3N7O7S2/c1-31-46(73-30-60-31)36-9-7-32(8-10-36)26-59-48(67)44-24-40(65)27-62(44)49(68)47(52(2,3)4)61-45(66)29-70-28-33-21-42(22-33)71-41-19-14-35(15-20-41)34-11-16-38(17-12-34)64-51(72)63(50(69)53(64,5)6)39-18-13-37(25-58)43(23-39)54(55,56)57/h7-20,23,30,33,40,42,44,47,65H,21-22,24,26-29H2,1-6H3,(H,59,67)(H,61,66)/t33-,40-,42-,44+,47?/m1/s1. The number of amides is 4. The smallest absolute Gasteiger partial charge is 0.417 e. The quantitative estimate of drug-likeness (QED) is 0.0857. The molecule has 3 N–H and O–H groups in total. The fourth-order valence-corrected chi connectivity index (χ4v) is 10.7. The molecule has 3 aliphatic rings. The summed E-state index contributed by atoms with van der Waals surface area (Å²) in [5.41, 5.74) is 3.26. The number of nitrogens with one attached hydrogen (secondary N) is 2. The highest BCUT2D eigenvalue weighted by atomic mass is 32.1. The van der Waals surface area contributed by atoms with Crippen molar-refractivity contribution in [1.29, 1.82) is 5.26 Å². The van der Waals surface area contributed by atoms with Crippen molar-refractivity contribution in [3.63, 3.8) is 0 Å². The van der Waals surface area contributed by atoms with E-state index in [1.807, 2.05) is 88.4 Å². The molecule has 4 amide bonds. The van der Waals surface area contributed by atoms with Crippen LogP contribution in [-0.4, -0.2) is 93.3 Å². The summed E-state index contributed by atoms with van der Waals surface area (Å²) < 4.78 is 53.4. The van der Waals surface area contributed by atoms with E-state index in [-0.39, 0.29) is 54.8 Å². The van der Waals surface area contributed by atoms with Gasteiger partial charge in [0.15, 0.2) is 5.11 Å². The number of thiocarbonyl (C=S) groups is 1. The SMILES string of the molecule is Cc1ncsc1-c1ccc(CNC(=O)[C@@H]2C[C@@H](O)CN2C(=O)C(NC(=O)COC[C@H]2C[C@H](Oc3ccc(-c4ccc(N5C(=S)N(c6ccc(C#N)c(C(F)(F)F)c6)C(=O)C5(C)C)cc4)cc3)C2)C(C)(C)C)cc1. The number of anilines is 2. The predicted octanol–water partition coefficient (Wildman–Crippen LogP) is 8.58. The van der Waals surface area contributed by atoms with Crippen LogP contribution in [0, 0.1) is 29.6 Å². The number of rotatable bonds is 15. The molecule has 0 bridgehead atoms. The van der Waals surface area contributed by atoms with Crippen LogP contribution >= 0.6 is 23.6 Å². The number of nitriles is 1. The molecule has 2 saturated heterocycles. The van der Waals surface area contributed by atoms with Gasteiger partial charge in [0, 0.05) is 25.2 Å². The second-order valence-corrected chi connectivity index (χ2v) is 21.5. The number of aromatic nitrogens is 1. The third-order valence-corrected chi connectivity index (χ3v) is 14.8. The van der Waals surface area contributed by atoms with Crippen LogP contribution in [0.1, 0.15) is 76.3 Å². The minimum atomic E-state index is -4.80. The Hall–Kier alpha value is -6.72. The summed E-state index contributed by atoms with van der Waals surface area (Å²) >= 11 is 7.24. The maximum atomic E-state index is 14.1. The second kappa shape index (κ2) is 21.0. The Labute approximate surface area is 431 Å². The van der Waals surface area contributed by atoms with Crippen LogP contribution in [0.2, 0.25) is 0 Å². The molecule has 1 aliphatic carbocycles. The molecule has 4 aromatic carbocycles. The Morgan fingerprint density at radius 2 is 1.58 bits per heavy atom. The van der Waals surface area contributed by atoms with Crippen molar-refractivity contribution in [3.05, 3.63) is 119 Å². The minimum absolute atomic E-state index is 0.00595. The lowest BCUT2D eigenvalue weighted by Crippen LogP contribution is -2.58. The predicted molar refractivity (Wildman–Crippen MR) is 274 cm³/mol. The van der Waals surface area contributed by atoms with Crippen molar-refractivity contribution >= 4 is 63.7 Å². The molecule has 3 heterocycles. The first-order chi connectivity index (χ1) is 34.5. The van der Waals surface area contributed by atoms with Gasteiger partial charge in [-0.3, -0.25) is 24.1 Å². The highest BCUT2D eigenvalue weighted by Gasteiger charge is 2.51. The van der Waals surface area contributed by atoms with Gasteiger partial charge in [-0.05, 0) is 122 Å². The third-order valence-electron chi connectivity index (χ3n) is 13.5. The van der Waals surface area contributed by atoms with E-state index in [0.717, 1.165) is 62.7 Å². The van der Waals surface area contributed by atoms with Gasteiger partial charge in [0.25, 0.3) is 5.91 Å². The van der Waals surface area contributed by atoms with E-state index in [1.165, 1.54) is 11.0 Å². The normalized spacial score (nSPS) is 20.1. The molecule has 3 fully saturated rings. The first-order valence-corrected chi connectivity index (χ1v) is 25.1. The molecule has 8 rings (SSSR count). The molecule has 1 aromatic heterocycles. The number of halogens is 3. The van der Waals surface area contributed by atoms with E-state index in [4.69, 9.17) is 21.7 Å². The fourth-order valence-electron chi connectivity index (χ4n) is 9.39. The molecule has 382 valence electrons. The van der Waals surface area contributed by atoms with Gasteiger partial charge in [-0.1, -0.05) is 69.3 Å². The van der Waals surface area contributed by atoms with Gasteiger partial charge in [-0.15, -0.1) is 11.3 Å². The van der Waals surface area contributed by atoms with Crippen molar-refractivity contribution in [3.8, 4) is 33.4 Å². The van der Waals surface area contributed by atoms with Crippen molar-refractivity contribution < 1.29 is 46.9 Å². The van der Waals surface area contributed by atoms with Crippen LogP contribution in [0.25, 0.3) is 21.6 Å². The Bertz CT molecular complexity index is 2930. The summed E-state index contributed by atoms with van der Waals surface area (Å²) in [7, 11) is 0. The molecule has 19 heteroatoms. The molecule has 14 nitrogen and oxygen atoms in total. The number of hydrogen-bond acceptors (Lipinski definition) is 11. The zero-order valence-corrected chi connectivity index (χ0v) is 42.8. The number of carbonyl (C=O) groups is 4. The molecule has 1 saturated carbocycles. The number of ether oxygens (including phenoxy) is 2. The third kappa shape index (κ3) is 11.4. The van der Waals surface area contributed by atoms with Crippen molar-refractivity contribution in [1.82, 2.24) is 20.5 Å². The molecule has 0 spiro atoms. The average molecular weight is 1040 g/mol. The molecule has 73 heavy (non-hydrogen) atoms. The van der Waals surface area contributed by atoms with Crippen LogP contribution in [-0.2, 0) is 36.6 Å². The van der Waals surface area contributed by atoms with Crippen LogP contribution < -0.4 is 25.2 Å². The van der Waals surface area contributed by atoms with Gasteiger partial charge in [0.05, 0.1) is 57.8 Å². The van der Waals surface area contributed by atoms with E-state index < -0.39 is 64.2 Å². The number of benzene rings is 4. The van der Waals surface area contributed by atoms with Gasteiger partial charge < -0.3 is 35.0 Å². The summed E-state index contributed by atoms with van der Waals surface area (Å²) in [5.74, 6) is -0.977.